The van der Waals surface area contributed by atoms with Crippen molar-refractivity contribution in [2.45, 2.75) is 39.2 Å². The van der Waals surface area contributed by atoms with E-state index in [0.29, 0.717) is 6.54 Å². The molecule has 2 rings (SSSR count). The lowest BCUT2D eigenvalue weighted by Crippen LogP contribution is -2.47. The molecule has 2 amide bonds. The Labute approximate surface area is 138 Å². The number of carbonyl (C=O) groups is 1. The van der Waals surface area contributed by atoms with Crippen LogP contribution in [0, 0.1) is 5.41 Å². The highest BCUT2D eigenvalue weighted by Gasteiger charge is 2.28. The maximum absolute atomic E-state index is 12.1. The van der Waals surface area contributed by atoms with Gasteiger partial charge in [-0.05, 0) is 31.4 Å². The molecule has 1 saturated heterocycles. The minimum absolute atomic E-state index is 0.0944. The molecule has 1 aromatic heterocycles. The Morgan fingerprint density at radius 3 is 2.83 bits per heavy atom. The largest absolute Gasteiger partial charge is 0.396 e. The van der Waals surface area contributed by atoms with Crippen molar-refractivity contribution < 1.29 is 9.90 Å². The van der Waals surface area contributed by atoms with Crippen molar-refractivity contribution >= 4 is 11.8 Å². The zero-order valence-corrected chi connectivity index (χ0v) is 14.1. The molecule has 1 atom stereocenters. The molecule has 6 heteroatoms. The summed E-state index contributed by atoms with van der Waals surface area (Å²) in [4.78, 5) is 18.6. The van der Waals surface area contributed by atoms with Gasteiger partial charge in [0.15, 0.2) is 0 Å². The Balaban J connectivity index is 1.78. The van der Waals surface area contributed by atoms with Crippen LogP contribution in [0.3, 0.4) is 0 Å². The lowest BCUT2D eigenvalue weighted by molar-refractivity contribution is 0.115. The third-order valence-corrected chi connectivity index (χ3v) is 4.96. The molecule has 1 fully saturated rings. The topological polar surface area (TPSA) is 77.5 Å². The molecule has 0 aliphatic carbocycles. The van der Waals surface area contributed by atoms with Crippen LogP contribution in [-0.2, 0) is 0 Å². The van der Waals surface area contributed by atoms with Gasteiger partial charge in [0.05, 0.1) is 6.61 Å². The van der Waals surface area contributed by atoms with Gasteiger partial charge >= 0.3 is 6.03 Å². The number of amides is 2. The molecular weight excluding hydrogens is 292 g/mol. The molecular formula is C17H28N4O2. The fourth-order valence-corrected chi connectivity index (χ4v) is 2.91. The number of nitrogens with zero attached hydrogens (tertiary/aromatic N) is 2. The van der Waals surface area contributed by atoms with E-state index in [0.717, 1.165) is 38.2 Å². The second kappa shape index (κ2) is 8.15. The Hall–Kier alpha value is -1.82. The Morgan fingerprint density at radius 1 is 1.43 bits per heavy atom. The zero-order valence-electron chi connectivity index (χ0n) is 14.1. The maximum atomic E-state index is 12.1. The first-order valence-electron chi connectivity index (χ1n) is 8.43. The molecule has 0 saturated carbocycles. The molecule has 23 heavy (non-hydrogen) atoms. The van der Waals surface area contributed by atoms with E-state index in [1.807, 2.05) is 32.0 Å². The summed E-state index contributed by atoms with van der Waals surface area (Å²) < 4.78 is 0. The van der Waals surface area contributed by atoms with Crippen LogP contribution in [0.15, 0.2) is 24.4 Å². The summed E-state index contributed by atoms with van der Waals surface area (Å²) in [6.07, 6.45) is 4.39. The molecule has 3 N–H and O–H groups in total. The second-order valence-corrected chi connectivity index (χ2v) is 6.31. The monoisotopic (exact) mass is 320 g/mol. The van der Waals surface area contributed by atoms with Gasteiger partial charge in [-0.15, -0.1) is 0 Å². The molecule has 0 bridgehead atoms. The first-order valence-corrected chi connectivity index (χ1v) is 8.43. The zero-order chi connectivity index (χ0) is 16.7. The Morgan fingerprint density at radius 2 is 2.22 bits per heavy atom. The molecule has 1 aromatic rings. The third kappa shape index (κ3) is 4.58. The molecule has 2 heterocycles. The summed E-state index contributed by atoms with van der Waals surface area (Å²) in [7, 11) is 0. The van der Waals surface area contributed by atoms with Crippen LogP contribution in [0.4, 0.5) is 10.6 Å². The van der Waals surface area contributed by atoms with Crippen molar-refractivity contribution in [1.29, 1.82) is 0 Å². The fraction of sp³-hybridized carbons (Fsp3) is 0.647. The lowest BCUT2D eigenvalue weighted by Gasteiger charge is -2.29. The molecule has 1 aliphatic rings. The molecule has 6 nitrogen and oxygen atoms in total. The number of aromatic nitrogens is 1. The van der Waals surface area contributed by atoms with Crippen molar-refractivity contribution in [3.63, 3.8) is 0 Å². The van der Waals surface area contributed by atoms with E-state index in [-0.39, 0.29) is 24.1 Å². The number of urea groups is 1. The number of rotatable bonds is 7. The van der Waals surface area contributed by atoms with E-state index in [1.54, 1.807) is 6.20 Å². The number of aliphatic hydroxyl groups excluding tert-OH is 1. The third-order valence-electron chi connectivity index (χ3n) is 4.96. The average molecular weight is 320 g/mol. The van der Waals surface area contributed by atoms with E-state index >= 15 is 0 Å². The Kier molecular flexibility index (Phi) is 6.21. The van der Waals surface area contributed by atoms with Crippen LogP contribution >= 0.6 is 0 Å². The van der Waals surface area contributed by atoms with Crippen molar-refractivity contribution in [2.24, 2.45) is 5.41 Å². The normalized spacial score (nSPS) is 18.0. The van der Waals surface area contributed by atoms with E-state index in [9.17, 15) is 9.90 Å². The molecule has 1 unspecified atom stereocenters. The number of hydrogen-bond acceptors (Lipinski definition) is 4. The fourth-order valence-electron chi connectivity index (χ4n) is 2.91. The highest BCUT2D eigenvalue weighted by Crippen LogP contribution is 2.24. The van der Waals surface area contributed by atoms with E-state index < -0.39 is 0 Å². The van der Waals surface area contributed by atoms with Gasteiger partial charge in [-0.3, -0.25) is 0 Å². The van der Waals surface area contributed by atoms with Gasteiger partial charge in [0, 0.05) is 37.3 Å². The van der Waals surface area contributed by atoms with Crippen molar-refractivity contribution in [2.75, 3.05) is 31.1 Å². The Bertz CT molecular complexity index is 482. The predicted octanol–water partition coefficient (Wildman–Crippen LogP) is 1.76. The van der Waals surface area contributed by atoms with E-state index in [4.69, 9.17) is 0 Å². The number of carbonyl (C=O) groups excluding carboxylic acids is 1. The second-order valence-electron chi connectivity index (χ2n) is 6.31. The van der Waals surface area contributed by atoms with E-state index in [2.05, 4.69) is 20.5 Å². The smallest absolute Gasteiger partial charge is 0.315 e. The van der Waals surface area contributed by atoms with Gasteiger partial charge in [0.1, 0.15) is 5.82 Å². The van der Waals surface area contributed by atoms with Gasteiger partial charge in [-0.25, -0.2) is 9.78 Å². The van der Waals surface area contributed by atoms with Crippen molar-refractivity contribution in [3.05, 3.63) is 24.4 Å². The van der Waals surface area contributed by atoms with Crippen molar-refractivity contribution in [3.8, 4) is 0 Å². The summed E-state index contributed by atoms with van der Waals surface area (Å²) >= 11 is 0. The average Bonchev–Trinajstić information content (AvgIpc) is 3.06. The molecule has 0 aromatic carbocycles. The SMILES string of the molecule is CCC(CC)(CO)CNC(=O)NC1CCN(c2ccccn2)C1. The minimum Gasteiger partial charge on any atom is -0.396 e. The summed E-state index contributed by atoms with van der Waals surface area (Å²) in [5, 5.41) is 15.5. The van der Waals surface area contributed by atoms with Gasteiger partial charge in [-0.1, -0.05) is 19.9 Å². The molecule has 1 aliphatic heterocycles. The number of anilines is 1. The summed E-state index contributed by atoms with van der Waals surface area (Å²) in [5.41, 5.74) is -0.215. The van der Waals surface area contributed by atoms with Gasteiger partial charge in [0.2, 0.25) is 0 Å². The van der Waals surface area contributed by atoms with Crippen LogP contribution in [0.5, 0.6) is 0 Å². The maximum Gasteiger partial charge on any atom is 0.315 e. The highest BCUT2D eigenvalue weighted by atomic mass is 16.3. The van der Waals surface area contributed by atoms with Crippen LogP contribution in [0.25, 0.3) is 0 Å². The first kappa shape index (κ1) is 17.5. The first-order chi connectivity index (χ1) is 11.1. The van der Waals surface area contributed by atoms with Crippen LogP contribution < -0.4 is 15.5 Å². The summed E-state index contributed by atoms with van der Waals surface area (Å²) in [6.45, 7) is 6.35. The number of aliphatic hydroxyl groups is 1. The number of hydrogen-bond donors (Lipinski definition) is 3. The molecule has 0 radical (unpaired) electrons. The van der Waals surface area contributed by atoms with Gasteiger partial charge in [-0.2, -0.15) is 0 Å². The number of pyridine rings is 1. The summed E-state index contributed by atoms with van der Waals surface area (Å²) in [5.74, 6) is 0.952. The van der Waals surface area contributed by atoms with Crippen LogP contribution in [0.1, 0.15) is 33.1 Å². The highest BCUT2D eigenvalue weighted by molar-refractivity contribution is 5.74. The van der Waals surface area contributed by atoms with Crippen LogP contribution in [0.2, 0.25) is 0 Å². The summed E-state index contributed by atoms with van der Waals surface area (Å²) in [6, 6.07) is 5.83. The molecule has 128 valence electrons. The standard InChI is InChI=1S/C17H28N4O2/c1-3-17(4-2,13-22)12-19-16(23)20-14-8-10-21(11-14)15-7-5-6-9-18-15/h5-7,9,14,22H,3-4,8,10-13H2,1-2H3,(H2,19,20,23). The minimum atomic E-state index is -0.215. The van der Waals surface area contributed by atoms with Crippen LogP contribution in [-0.4, -0.2) is 48.4 Å². The van der Waals surface area contributed by atoms with Crippen molar-refractivity contribution in [1.82, 2.24) is 15.6 Å². The van der Waals surface area contributed by atoms with E-state index in [1.165, 1.54) is 0 Å². The van der Waals surface area contributed by atoms with Gasteiger partial charge < -0.3 is 20.6 Å². The molecule has 0 spiro atoms. The number of nitrogens with one attached hydrogen (secondary N) is 2. The van der Waals surface area contributed by atoms with Gasteiger partial charge in [0.25, 0.3) is 0 Å². The quantitative estimate of drug-likeness (QED) is 0.715. The lowest BCUT2D eigenvalue weighted by atomic mass is 9.83. The predicted molar refractivity (Wildman–Crippen MR) is 91.5 cm³/mol.